The molecule has 0 aromatic heterocycles. The maximum absolute atomic E-state index is 12.8. The summed E-state index contributed by atoms with van der Waals surface area (Å²) >= 11 is 0. The fraction of sp³-hybridized carbons (Fsp3) is 0.933. The molecule has 2 unspecified atom stereocenters. The van der Waals surface area contributed by atoms with Crippen molar-refractivity contribution in [2.45, 2.75) is 44.2 Å². The van der Waals surface area contributed by atoms with E-state index in [2.05, 4.69) is 10.6 Å². The quantitative estimate of drug-likeness (QED) is 0.779. The van der Waals surface area contributed by atoms with Gasteiger partial charge in [-0.1, -0.05) is 0 Å². The van der Waals surface area contributed by atoms with Gasteiger partial charge in [0.15, 0.2) is 0 Å². The molecular weight excluding hydrogens is 256 g/mol. The Bertz CT molecular complexity index is 346. The lowest BCUT2D eigenvalue weighted by molar-refractivity contribution is -0.137. The predicted molar refractivity (Wildman–Crippen MR) is 75.4 cm³/mol. The van der Waals surface area contributed by atoms with Gasteiger partial charge in [-0.2, -0.15) is 0 Å². The lowest BCUT2D eigenvalue weighted by Gasteiger charge is -2.36. The molecule has 3 rings (SSSR count). The Labute approximate surface area is 120 Å². The third kappa shape index (κ3) is 2.85. The van der Waals surface area contributed by atoms with E-state index < -0.39 is 0 Å². The fourth-order valence-electron chi connectivity index (χ4n) is 3.60. The van der Waals surface area contributed by atoms with Crippen molar-refractivity contribution in [1.29, 1.82) is 0 Å². The van der Waals surface area contributed by atoms with Crippen LogP contribution in [0.5, 0.6) is 0 Å². The number of amides is 1. The highest BCUT2D eigenvalue weighted by molar-refractivity contribution is 5.83. The van der Waals surface area contributed by atoms with Crippen molar-refractivity contribution >= 4 is 5.91 Å². The summed E-state index contributed by atoms with van der Waals surface area (Å²) in [5, 5.41) is 6.60. The van der Waals surface area contributed by atoms with Crippen LogP contribution in [0.25, 0.3) is 0 Å². The zero-order valence-corrected chi connectivity index (χ0v) is 12.3. The highest BCUT2D eigenvalue weighted by Crippen LogP contribution is 2.39. The third-order valence-corrected chi connectivity index (χ3v) is 5.00. The van der Waals surface area contributed by atoms with Crippen molar-refractivity contribution in [3.8, 4) is 0 Å². The van der Waals surface area contributed by atoms with Crippen LogP contribution < -0.4 is 10.6 Å². The molecule has 3 fully saturated rings. The highest BCUT2D eigenvalue weighted by atomic mass is 16.5. The first-order chi connectivity index (χ1) is 9.75. The number of hydrogen-bond acceptors (Lipinski definition) is 4. The molecule has 2 N–H and O–H groups in total. The van der Waals surface area contributed by atoms with Gasteiger partial charge in [-0.3, -0.25) is 4.79 Å². The summed E-state index contributed by atoms with van der Waals surface area (Å²) in [6.45, 7) is 3.08. The summed E-state index contributed by atoms with van der Waals surface area (Å²) in [6.07, 6.45) is 5.42. The molecule has 1 amide bonds. The number of nitrogens with one attached hydrogen (secondary N) is 2. The summed E-state index contributed by atoms with van der Waals surface area (Å²) in [7, 11) is 1.68. The first kappa shape index (κ1) is 14.3. The highest BCUT2D eigenvalue weighted by Gasteiger charge is 2.45. The number of piperidine rings is 1. The number of carbonyl (C=O) groups is 1. The molecule has 0 aromatic rings. The van der Waals surface area contributed by atoms with Crippen LogP contribution in [0.4, 0.5) is 0 Å². The lowest BCUT2D eigenvalue weighted by Crippen LogP contribution is -2.54. The molecule has 2 aliphatic heterocycles. The van der Waals surface area contributed by atoms with Gasteiger partial charge in [0, 0.05) is 13.7 Å². The second-order valence-corrected chi connectivity index (χ2v) is 6.50. The molecule has 2 atom stereocenters. The molecule has 5 nitrogen and oxygen atoms in total. The van der Waals surface area contributed by atoms with Crippen LogP contribution in [0, 0.1) is 11.3 Å². The van der Waals surface area contributed by atoms with E-state index in [0.29, 0.717) is 12.5 Å². The van der Waals surface area contributed by atoms with E-state index in [0.717, 1.165) is 39.0 Å². The lowest BCUT2D eigenvalue weighted by atomic mass is 9.78. The second-order valence-electron chi connectivity index (χ2n) is 6.50. The van der Waals surface area contributed by atoms with Crippen LogP contribution in [0.2, 0.25) is 0 Å². The van der Waals surface area contributed by atoms with Crippen molar-refractivity contribution in [1.82, 2.24) is 10.6 Å². The smallest absolute Gasteiger partial charge is 0.228 e. The average Bonchev–Trinajstić information content (AvgIpc) is 3.20. The van der Waals surface area contributed by atoms with Gasteiger partial charge in [0.1, 0.15) is 0 Å². The zero-order valence-electron chi connectivity index (χ0n) is 12.3. The molecule has 114 valence electrons. The minimum absolute atomic E-state index is 0.169. The summed E-state index contributed by atoms with van der Waals surface area (Å²) in [5.41, 5.74) is -0.351. The monoisotopic (exact) mass is 282 g/mol. The van der Waals surface area contributed by atoms with Crippen molar-refractivity contribution < 1.29 is 14.3 Å². The van der Waals surface area contributed by atoms with Gasteiger partial charge in [-0.15, -0.1) is 0 Å². The predicted octanol–water partition coefficient (Wildman–Crippen LogP) is 0.686. The zero-order chi connectivity index (χ0) is 14.0. The SMILES string of the molecule is COCC1(C(=O)NC2CCOC2C2CC2)CCNCC1. The number of hydrogen-bond donors (Lipinski definition) is 2. The Hall–Kier alpha value is -0.650. The van der Waals surface area contributed by atoms with E-state index in [1.165, 1.54) is 12.8 Å². The van der Waals surface area contributed by atoms with Gasteiger partial charge < -0.3 is 20.1 Å². The third-order valence-electron chi connectivity index (χ3n) is 5.00. The van der Waals surface area contributed by atoms with Crippen molar-refractivity contribution in [3.63, 3.8) is 0 Å². The Morgan fingerprint density at radius 3 is 2.75 bits per heavy atom. The van der Waals surface area contributed by atoms with Crippen LogP contribution in [-0.2, 0) is 14.3 Å². The van der Waals surface area contributed by atoms with E-state index in [1.807, 2.05) is 0 Å². The van der Waals surface area contributed by atoms with Gasteiger partial charge in [0.2, 0.25) is 5.91 Å². The Kier molecular flexibility index (Phi) is 4.29. The van der Waals surface area contributed by atoms with Gasteiger partial charge in [-0.25, -0.2) is 0 Å². The van der Waals surface area contributed by atoms with Crippen LogP contribution >= 0.6 is 0 Å². The summed E-state index contributed by atoms with van der Waals surface area (Å²) in [4.78, 5) is 12.8. The normalized spacial score (nSPS) is 33.0. The first-order valence-corrected chi connectivity index (χ1v) is 7.87. The molecule has 2 saturated heterocycles. The van der Waals surface area contributed by atoms with Crippen molar-refractivity contribution in [3.05, 3.63) is 0 Å². The largest absolute Gasteiger partial charge is 0.384 e. The number of carbonyl (C=O) groups excluding carboxylic acids is 1. The minimum atomic E-state index is -0.351. The van der Waals surface area contributed by atoms with E-state index >= 15 is 0 Å². The Morgan fingerprint density at radius 2 is 2.10 bits per heavy atom. The van der Waals surface area contributed by atoms with Crippen LogP contribution in [0.3, 0.4) is 0 Å². The molecular formula is C15H26N2O3. The van der Waals surface area contributed by atoms with E-state index in [1.54, 1.807) is 7.11 Å². The fourth-order valence-corrected chi connectivity index (χ4v) is 3.60. The summed E-state index contributed by atoms with van der Waals surface area (Å²) < 4.78 is 11.1. The Morgan fingerprint density at radius 1 is 1.35 bits per heavy atom. The average molecular weight is 282 g/mol. The van der Waals surface area contributed by atoms with Crippen LogP contribution in [-0.4, -0.2) is 51.5 Å². The molecule has 0 aromatic carbocycles. The number of methoxy groups -OCH3 is 1. The maximum Gasteiger partial charge on any atom is 0.228 e. The molecule has 1 aliphatic carbocycles. The number of ether oxygens (including phenoxy) is 2. The molecule has 2 heterocycles. The molecule has 0 bridgehead atoms. The molecule has 5 heteroatoms. The Balaban J connectivity index is 1.63. The second kappa shape index (κ2) is 6.00. The van der Waals surface area contributed by atoms with Gasteiger partial charge in [0.25, 0.3) is 0 Å². The summed E-state index contributed by atoms with van der Waals surface area (Å²) in [6, 6.07) is 0.207. The van der Waals surface area contributed by atoms with Crippen molar-refractivity contribution in [2.75, 3.05) is 33.4 Å². The van der Waals surface area contributed by atoms with Gasteiger partial charge >= 0.3 is 0 Å². The maximum atomic E-state index is 12.8. The van der Waals surface area contributed by atoms with Crippen LogP contribution in [0.15, 0.2) is 0 Å². The van der Waals surface area contributed by atoms with Crippen molar-refractivity contribution in [2.24, 2.45) is 11.3 Å². The van der Waals surface area contributed by atoms with E-state index in [9.17, 15) is 4.79 Å². The van der Waals surface area contributed by atoms with Gasteiger partial charge in [-0.05, 0) is 51.1 Å². The summed E-state index contributed by atoms with van der Waals surface area (Å²) in [5.74, 6) is 0.844. The topological polar surface area (TPSA) is 59.6 Å². The van der Waals surface area contributed by atoms with Gasteiger partial charge in [0.05, 0.1) is 24.2 Å². The van der Waals surface area contributed by atoms with E-state index in [-0.39, 0.29) is 23.5 Å². The first-order valence-electron chi connectivity index (χ1n) is 7.87. The molecule has 0 radical (unpaired) electrons. The van der Waals surface area contributed by atoms with Crippen LogP contribution in [0.1, 0.15) is 32.1 Å². The number of rotatable bonds is 5. The van der Waals surface area contributed by atoms with E-state index in [4.69, 9.17) is 9.47 Å². The molecule has 1 saturated carbocycles. The molecule has 0 spiro atoms. The standard InChI is InChI=1S/C15H26N2O3/c1-19-10-15(5-7-16-8-6-15)14(18)17-12-4-9-20-13(12)11-2-3-11/h11-13,16H,2-10H2,1H3,(H,17,18). The molecule has 20 heavy (non-hydrogen) atoms. The minimum Gasteiger partial charge on any atom is -0.384 e. The molecule has 3 aliphatic rings.